The molecule has 1 aliphatic rings. The highest BCUT2D eigenvalue weighted by Gasteiger charge is 2.23. The molecule has 102 valence electrons. The first-order chi connectivity index (χ1) is 8.24. The fourth-order valence-corrected chi connectivity index (χ4v) is 3.40. The Kier molecular flexibility index (Phi) is 8.33. The van der Waals surface area contributed by atoms with Gasteiger partial charge < -0.3 is 10.1 Å². The van der Waals surface area contributed by atoms with Gasteiger partial charge in [-0.25, -0.2) is 0 Å². The maximum atomic E-state index is 5.57. The summed E-state index contributed by atoms with van der Waals surface area (Å²) in [5, 5.41) is 4.35. The Labute approximate surface area is 111 Å². The fourth-order valence-electron chi connectivity index (χ4n) is 2.25. The van der Waals surface area contributed by atoms with Crippen LogP contribution in [0.4, 0.5) is 0 Å². The lowest BCUT2D eigenvalue weighted by molar-refractivity contribution is 0.127. The van der Waals surface area contributed by atoms with Gasteiger partial charge in [-0.15, -0.1) is 0 Å². The van der Waals surface area contributed by atoms with Gasteiger partial charge in [0.1, 0.15) is 0 Å². The zero-order valence-electron chi connectivity index (χ0n) is 11.7. The van der Waals surface area contributed by atoms with E-state index in [1.807, 2.05) is 0 Å². The molecule has 3 unspecified atom stereocenters. The van der Waals surface area contributed by atoms with Gasteiger partial charge in [-0.2, -0.15) is 11.8 Å². The first-order valence-corrected chi connectivity index (χ1v) is 8.25. The Balaban J connectivity index is 1.92. The lowest BCUT2D eigenvalue weighted by Gasteiger charge is -2.16. The van der Waals surface area contributed by atoms with Crippen LogP contribution in [0.3, 0.4) is 0 Å². The predicted octanol–water partition coefficient (Wildman–Crippen LogP) is 3.46. The Morgan fingerprint density at radius 2 is 2.24 bits per heavy atom. The van der Waals surface area contributed by atoms with Gasteiger partial charge in [0.25, 0.3) is 0 Å². The van der Waals surface area contributed by atoms with E-state index in [0.29, 0.717) is 12.1 Å². The monoisotopic (exact) mass is 259 g/mol. The van der Waals surface area contributed by atoms with Crippen molar-refractivity contribution in [1.29, 1.82) is 0 Å². The molecule has 1 aliphatic heterocycles. The van der Waals surface area contributed by atoms with Crippen LogP contribution in [0.1, 0.15) is 52.9 Å². The van der Waals surface area contributed by atoms with Crippen LogP contribution >= 0.6 is 11.8 Å². The minimum absolute atomic E-state index is 0.460. The molecule has 0 aromatic heterocycles. The van der Waals surface area contributed by atoms with Crippen molar-refractivity contribution < 1.29 is 4.74 Å². The Hall–Kier alpha value is 0.270. The first kappa shape index (κ1) is 15.3. The van der Waals surface area contributed by atoms with Crippen LogP contribution in [0, 0.1) is 0 Å². The van der Waals surface area contributed by atoms with E-state index in [4.69, 9.17) is 4.74 Å². The van der Waals surface area contributed by atoms with Gasteiger partial charge in [-0.3, -0.25) is 0 Å². The lowest BCUT2D eigenvalue weighted by atomic mass is 10.1. The van der Waals surface area contributed by atoms with Crippen molar-refractivity contribution in [2.24, 2.45) is 0 Å². The van der Waals surface area contributed by atoms with E-state index >= 15 is 0 Å². The van der Waals surface area contributed by atoms with Crippen molar-refractivity contribution in [2.75, 3.05) is 18.9 Å². The van der Waals surface area contributed by atoms with Crippen molar-refractivity contribution in [3.63, 3.8) is 0 Å². The molecule has 0 aromatic rings. The molecule has 0 aromatic carbocycles. The van der Waals surface area contributed by atoms with E-state index in [9.17, 15) is 0 Å². The van der Waals surface area contributed by atoms with Gasteiger partial charge in [0.05, 0.1) is 6.10 Å². The molecule has 0 bridgehead atoms. The van der Waals surface area contributed by atoms with Crippen molar-refractivity contribution in [2.45, 2.75) is 70.3 Å². The zero-order chi connectivity index (χ0) is 12.5. The van der Waals surface area contributed by atoms with Crippen LogP contribution in [-0.2, 0) is 4.74 Å². The van der Waals surface area contributed by atoms with Crippen LogP contribution in [-0.4, -0.2) is 36.3 Å². The number of hydrogen-bond donors (Lipinski definition) is 1. The summed E-state index contributed by atoms with van der Waals surface area (Å²) in [6, 6.07) is 0.680. The van der Waals surface area contributed by atoms with Gasteiger partial charge >= 0.3 is 0 Å². The summed E-state index contributed by atoms with van der Waals surface area (Å²) in [5.41, 5.74) is 0. The highest BCUT2D eigenvalue weighted by atomic mass is 32.2. The third-order valence-corrected chi connectivity index (χ3v) is 4.96. The molecule has 3 heteroatoms. The summed E-state index contributed by atoms with van der Waals surface area (Å²) in [6.45, 7) is 8.87. The van der Waals surface area contributed by atoms with Crippen LogP contribution in [0.15, 0.2) is 0 Å². The number of ether oxygens (including phenoxy) is 1. The van der Waals surface area contributed by atoms with E-state index in [0.717, 1.165) is 18.4 Å². The molecular formula is C14H29NOS. The van der Waals surface area contributed by atoms with E-state index in [-0.39, 0.29) is 0 Å². The molecular weight excluding hydrogens is 230 g/mol. The largest absolute Gasteiger partial charge is 0.377 e. The summed E-state index contributed by atoms with van der Waals surface area (Å²) in [4.78, 5) is 0. The second-order valence-corrected chi connectivity index (χ2v) is 6.47. The Bertz CT molecular complexity index is 189. The second kappa shape index (κ2) is 9.23. The van der Waals surface area contributed by atoms with E-state index < -0.39 is 0 Å². The summed E-state index contributed by atoms with van der Waals surface area (Å²) >= 11 is 2.07. The maximum Gasteiger partial charge on any atom is 0.0666 e. The lowest BCUT2D eigenvalue weighted by Crippen LogP contribution is -2.29. The van der Waals surface area contributed by atoms with Gasteiger partial charge in [0, 0.05) is 30.2 Å². The van der Waals surface area contributed by atoms with E-state index in [1.165, 1.54) is 37.9 Å². The smallest absolute Gasteiger partial charge is 0.0666 e. The van der Waals surface area contributed by atoms with Crippen molar-refractivity contribution in [3.8, 4) is 0 Å². The first-order valence-electron chi connectivity index (χ1n) is 7.20. The molecule has 1 heterocycles. The average Bonchev–Trinajstić information content (AvgIpc) is 2.71. The molecule has 1 rings (SSSR count). The molecule has 0 amide bonds. The molecule has 2 nitrogen and oxygen atoms in total. The number of unbranched alkanes of at least 4 members (excludes halogenated alkanes) is 2. The molecule has 17 heavy (non-hydrogen) atoms. The molecule has 0 aliphatic carbocycles. The summed E-state index contributed by atoms with van der Waals surface area (Å²) < 4.78 is 5.57. The minimum atomic E-state index is 0.460. The standard InChI is InChI=1S/C14H29NOS/c1-4-5-6-7-12(2)15-9-11-17-14-8-10-16-13(14)3/h12-15H,4-11H2,1-3H3. The summed E-state index contributed by atoms with van der Waals surface area (Å²) in [5.74, 6) is 1.22. The van der Waals surface area contributed by atoms with E-state index in [2.05, 4.69) is 37.8 Å². The molecule has 0 radical (unpaired) electrons. The predicted molar refractivity (Wildman–Crippen MR) is 77.9 cm³/mol. The topological polar surface area (TPSA) is 21.3 Å². The molecule has 1 fully saturated rings. The zero-order valence-corrected chi connectivity index (χ0v) is 12.5. The van der Waals surface area contributed by atoms with Crippen molar-refractivity contribution in [3.05, 3.63) is 0 Å². The van der Waals surface area contributed by atoms with E-state index in [1.54, 1.807) is 0 Å². The number of rotatable bonds is 9. The van der Waals surface area contributed by atoms with Gasteiger partial charge in [0.2, 0.25) is 0 Å². The second-order valence-electron chi connectivity index (χ2n) is 5.12. The van der Waals surface area contributed by atoms with Crippen LogP contribution in [0.2, 0.25) is 0 Å². The molecule has 0 saturated carbocycles. The highest BCUT2D eigenvalue weighted by Crippen LogP contribution is 2.25. The van der Waals surface area contributed by atoms with Gasteiger partial charge in [-0.05, 0) is 26.7 Å². The average molecular weight is 259 g/mol. The van der Waals surface area contributed by atoms with Crippen molar-refractivity contribution >= 4 is 11.8 Å². The maximum absolute atomic E-state index is 5.57. The normalized spacial score (nSPS) is 26.3. The summed E-state index contributed by atoms with van der Waals surface area (Å²) in [7, 11) is 0. The molecule has 1 saturated heterocycles. The van der Waals surface area contributed by atoms with Crippen molar-refractivity contribution in [1.82, 2.24) is 5.32 Å². The van der Waals surface area contributed by atoms with Gasteiger partial charge in [0.15, 0.2) is 0 Å². The number of nitrogens with one attached hydrogen (secondary N) is 1. The Morgan fingerprint density at radius 1 is 1.41 bits per heavy atom. The quantitative estimate of drug-likeness (QED) is 0.641. The third-order valence-electron chi connectivity index (χ3n) is 3.47. The SMILES string of the molecule is CCCCCC(C)NCCSC1CCOC1C. The highest BCUT2D eigenvalue weighted by molar-refractivity contribution is 8.00. The van der Waals surface area contributed by atoms with Crippen LogP contribution < -0.4 is 5.32 Å². The summed E-state index contributed by atoms with van der Waals surface area (Å²) in [6.07, 6.45) is 7.08. The minimum Gasteiger partial charge on any atom is -0.377 e. The number of thioether (sulfide) groups is 1. The molecule has 3 atom stereocenters. The molecule has 1 N–H and O–H groups in total. The number of hydrogen-bond acceptors (Lipinski definition) is 3. The van der Waals surface area contributed by atoms with Gasteiger partial charge in [-0.1, -0.05) is 26.2 Å². The third kappa shape index (κ3) is 6.68. The Morgan fingerprint density at radius 3 is 2.88 bits per heavy atom. The van der Waals surface area contributed by atoms with Crippen LogP contribution in [0.25, 0.3) is 0 Å². The fraction of sp³-hybridized carbons (Fsp3) is 1.00. The molecule has 0 spiro atoms. The van der Waals surface area contributed by atoms with Crippen LogP contribution in [0.5, 0.6) is 0 Å².